The third-order valence-electron chi connectivity index (χ3n) is 4.45. The highest BCUT2D eigenvalue weighted by Gasteiger charge is 2.20. The second-order valence-corrected chi connectivity index (χ2v) is 6.15. The van der Waals surface area contributed by atoms with Gasteiger partial charge in [0.25, 0.3) is 5.69 Å². The molecule has 0 aliphatic carbocycles. The number of ether oxygens (including phenoxy) is 1. The van der Waals surface area contributed by atoms with Crippen molar-refractivity contribution in [1.29, 1.82) is 5.26 Å². The first-order valence-corrected chi connectivity index (χ1v) is 8.57. The van der Waals surface area contributed by atoms with Gasteiger partial charge in [0.05, 0.1) is 29.7 Å². The maximum atomic E-state index is 11.3. The lowest BCUT2D eigenvalue weighted by Gasteiger charge is -2.18. The van der Waals surface area contributed by atoms with Crippen molar-refractivity contribution in [1.82, 2.24) is 0 Å². The van der Waals surface area contributed by atoms with Gasteiger partial charge in [0, 0.05) is 30.9 Å². The van der Waals surface area contributed by atoms with E-state index in [4.69, 9.17) is 0 Å². The molecule has 0 fully saturated rings. The highest BCUT2D eigenvalue weighted by Crippen LogP contribution is 2.32. The first-order valence-electron chi connectivity index (χ1n) is 8.57. The molecule has 0 saturated heterocycles. The normalized spacial score (nSPS) is 12.6. The average molecular weight is 379 g/mol. The summed E-state index contributed by atoms with van der Waals surface area (Å²) < 4.78 is 4.68. The van der Waals surface area contributed by atoms with Crippen molar-refractivity contribution in [3.05, 3.63) is 57.6 Å². The fourth-order valence-corrected chi connectivity index (χ4v) is 3.01. The molecule has 0 N–H and O–H groups in total. The van der Waals surface area contributed by atoms with Crippen molar-refractivity contribution in [2.75, 3.05) is 25.1 Å². The molecule has 142 valence electrons. The molecule has 0 atom stereocenters. The number of esters is 1. The largest absolute Gasteiger partial charge is 0.469 e. The van der Waals surface area contributed by atoms with Crippen LogP contribution in [0.4, 0.5) is 22.7 Å². The van der Waals surface area contributed by atoms with Gasteiger partial charge in [-0.05, 0) is 36.2 Å². The van der Waals surface area contributed by atoms with E-state index in [-0.39, 0.29) is 22.9 Å². The van der Waals surface area contributed by atoms with Crippen LogP contribution in [0.15, 0.2) is 46.6 Å². The Morgan fingerprint density at radius 1 is 1.32 bits per heavy atom. The quantitative estimate of drug-likeness (QED) is 0.326. The molecule has 0 aromatic heterocycles. The van der Waals surface area contributed by atoms with E-state index in [2.05, 4.69) is 19.9 Å². The summed E-state index contributed by atoms with van der Waals surface area (Å²) >= 11 is 0. The highest BCUT2D eigenvalue weighted by atomic mass is 16.6. The van der Waals surface area contributed by atoms with Crippen molar-refractivity contribution < 1.29 is 14.5 Å². The second-order valence-electron chi connectivity index (χ2n) is 6.15. The van der Waals surface area contributed by atoms with E-state index in [0.29, 0.717) is 18.7 Å². The molecule has 0 saturated carbocycles. The molecule has 2 aromatic rings. The van der Waals surface area contributed by atoms with Crippen LogP contribution in [0.1, 0.15) is 17.5 Å². The fraction of sp³-hybridized carbons (Fsp3) is 0.263. The van der Waals surface area contributed by atoms with E-state index in [1.807, 2.05) is 18.2 Å². The van der Waals surface area contributed by atoms with E-state index in [0.717, 1.165) is 24.2 Å². The minimum atomic E-state index is -0.561. The lowest BCUT2D eigenvalue weighted by atomic mass is 10.1. The highest BCUT2D eigenvalue weighted by molar-refractivity contribution is 5.71. The molecule has 9 nitrogen and oxygen atoms in total. The van der Waals surface area contributed by atoms with Gasteiger partial charge < -0.3 is 9.64 Å². The number of carbonyl (C=O) groups is 1. The molecule has 0 spiro atoms. The Labute approximate surface area is 161 Å². The lowest BCUT2D eigenvalue weighted by molar-refractivity contribution is -0.384. The number of hydrogen-bond acceptors (Lipinski definition) is 8. The van der Waals surface area contributed by atoms with Crippen LogP contribution in [0.25, 0.3) is 0 Å². The van der Waals surface area contributed by atoms with Crippen molar-refractivity contribution in [2.24, 2.45) is 10.2 Å². The number of anilines is 1. The van der Waals surface area contributed by atoms with Gasteiger partial charge in [0.15, 0.2) is 0 Å². The number of nitro groups is 1. The Morgan fingerprint density at radius 3 is 2.86 bits per heavy atom. The maximum absolute atomic E-state index is 11.3. The molecule has 0 amide bonds. The summed E-state index contributed by atoms with van der Waals surface area (Å²) in [5.74, 6) is -0.240. The molecule has 1 aliphatic rings. The van der Waals surface area contributed by atoms with Gasteiger partial charge >= 0.3 is 5.97 Å². The first-order chi connectivity index (χ1) is 13.5. The smallest absolute Gasteiger partial charge is 0.307 e. The number of hydrogen-bond donors (Lipinski definition) is 0. The fourth-order valence-electron chi connectivity index (χ4n) is 3.01. The van der Waals surface area contributed by atoms with E-state index in [9.17, 15) is 20.2 Å². The van der Waals surface area contributed by atoms with E-state index >= 15 is 0 Å². The van der Waals surface area contributed by atoms with Crippen LogP contribution in [-0.4, -0.2) is 31.1 Å². The molecule has 0 unspecified atom stereocenters. The maximum Gasteiger partial charge on any atom is 0.307 e. The summed E-state index contributed by atoms with van der Waals surface area (Å²) in [6.07, 6.45) is 1.16. The van der Waals surface area contributed by atoms with Gasteiger partial charge in [-0.2, -0.15) is 10.4 Å². The van der Waals surface area contributed by atoms with Crippen LogP contribution < -0.4 is 4.90 Å². The zero-order chi connectivity index (χ0) is 20.1. The third kappa shape index (κ3) is 4.12. The minimum Gasteiger partial charge on any atom is -0.469 e. The third-order valence-corrected chi connectivity index (χ3v) is 4.45. The minimum absolute atomic E-state index is 0.0908. The number of methoxy groups -OCH3 is 1. The van der Waals surface area contributed by atoms with E-state index < -0.39 is 4.92 Å². The van der Waals surface area contributed by atoms with E-state index in [1.54, 1.807) is 6.07 Å². The Kier molecular flexibility index (Phi) is 5.60. The second kappa shape index (κ2) is 8.26. The van der Waals surface area contributed by atoms with Crippen LogP contribution in [-0.2, 0) is 16.0 Å². The van der Waals surface area contributed by atoms with Gasteiger partial charge in [-0.15, -0.1) is 5.11 Å². The van der Waals surface area contributed by atoms with Gasteiger partial charge in [-0.25, -0.2) is 0 Å². The molecule has 9 heteroatoms. The lowest BCUT2D eigenvalue weighted by Crippen LogP contribution is -2.24. The molecule has 0 radical (unpaired) electrons. The Morgan fingerprint density at radius 2 is 2.14 bits per heavy atom. The van der Waals surface area contributed by atoms with Crippen molar-refractivity contribution >= 4 is 28.7 Å². The molecular formula is C19H17N5O4. The average Bonchev–Trinajstić information content (AvgIpc) is 3.12. The standard InChI is InChI=1S/C19H17N5O4/c1-28-19(25)7-9-23-8-6-13-10-15(2-5-18(13)23)21-22-17-4-3-16(24(26)27)11-14(17)12-20/h2-5,10-11H,6-9H2,1H3. The Balaban J connectivity index is 1.76. The molecule has 0 bridgehead atoms. The number of nitrogens with zero attached hydrogens (tertiary/aromatic N) is 5. The molecule has 3 rings (SSSR count). The SMILES string of the molecule is COC(=O)CCN1CCc2cc(N=Nc3ccc([N+](=O)[O-])cc3C#N)ccc21. The predicted molar refractivity (Wildman–Crippen MR) is 101 cm³/mol. The molecule has 2 aromatic carbocycles. The Bertz CT molecular complexity index is 996. The van der Waals surface area contributed by atoms with Gasteiger partial charge in [0.2, 0.25) is 0 Å². The van der Waals surface area contributed by atoms with Crippen LogP contribution in [0.5, 0.6) is 0 Å². The molecular weight excluding hydrogens is 362 g/mol. The number of fused-ring (bicyclic) bond motifs is 1. The topological polar surface area (TPSA) is 121 Å². The van der Waals surface area contributed by atoms with Crippen LogP contribution in [0.3, 0.4) is 0 Å². The Hall–Kier alpha value is -3.80. The van der Waals surface area contributed by atoms with Gasteiger partial charge in [0.1, 0.15) is 11.8 Å². The van der Waals surface area contributed by atoms with Crippen LogP contribution >= 0.6 is 0 Å². The van der Waals surface area contributed by atoms with Crippen LogP contribution in [0.2, 0.25) is 0 Å². The summed E-state index contributed by atoms with van der Waals surface area (Å²) in [7, 11) is 1.38. The molecule has 1 aliphatic heterocycles. The predicted octanol–water partition coefficient (Wildman–Crippen LogP) is 3.81. The summed E-state index contributed by atoms with van der Waals surface area (Å²) in [5, 5.41) is 28.2. The monoisotopic (exact) mass is 379 g/mol. The van der Waals surface area contributed by atoms with Crippen molar-refractivity contribution in [3.63, 3.8) is 0 Å². The summed E-state index contributed by atoms with van der Waals surface area (Å²) in [4.78, 5) is 23.7. The first kappa shape index (κ1) is 19.0. The van der Waals surface area contributed by atoms with E-state index in [1.165, 1.54) is 25.3 Å². The number of rotatable bonds is 6. The number of nitriles is 1. The summed E-state index contributed by atoms with van der Waals surface area (Å²) in [6, 6.07) is 11.4. The zero-order valence-electron chi connectivity index (χ0n) is 15.2. The number of azo groups is 1. The number of nitro benzene ring substituents is 1. The van der Waals surface area contributed by atoms with Gasteiger partial charge in [-0.3, -0.25) is 14.9 Å². The van der Waals surface area contributed by atoms with Crippen molar-refractivity contribution in [2.45, 2.75) is 12.8 Å². The molecule has 1 heterocycles. The number of non-ortho nitro benzene ring substituents is 1. The summed E-state index contributed by atoms with van der Waals surface area (Å²) in [5.41, 5.74) is 2.97. The number of benzene rings is 2. The molecule has 28 heavy (non-hydrogen) atoms. The number of carbonyl (C=O) groups excluding carboxylic acids is 1. The van der Waals surface area contributed by atoms with Crippen LogP contribution in [0, 0.1) is 21.4 Å². The van der Waals surface area contributed by atoms with Gasteiger partial charge in [-0.1, -0.05) is 0 Å². The summed E-state index contributed by atoms with van der Waals surface area (Å²) in [6.45, 7) is 1.41. The van der Waals surface area contributed by atoms with Crippen molar-refractivity contribution in [3.8, 4) is 6.07 Å². The zero-order valence-corrected chi connectivity index (χ0v) is 15.2.